The smallest absolute Gasteiger partial charge is 0.196 e. The number of nitrogens with one attached hydrogen (secondary N) is 1. The first-order valence-electron chi connectivity index (χ1n) is 9.46. The van der Waals surface area contributed by atoms with Crippen molar-refractivity contribution in [3.8, 4) is 17.1 Å². The number of benzene rings is 2. The zero-order valence-electron chi connectivity index (χ0n) is 15.8. The van der Waals surface area contributed by atoms with E-state index >= 15 is 0 Å². The molecule has 2 aromatic carbocycles. The molecule has 8 heteroatoms. The van der Waals surface area contributed by atoms with Crippen LogP contribution >= 0.6 is 11.8 Å². The first-order valence-corrected chi connectivity index (χ1v) is 10.4. The zero-order chi connectivity index (χ0) is 19.8. The summed E-state index contributed by atoms with van der Waals surface area (Å²) in [4.78, 5) is 0. The summed E-state index contributed by atoms with van der Waals surface area (Å²) in [7, 11) is 0. The number of nitrogens with zero attached hydrogens (tertiary/aromatic N) is 5. The lowest BCUT2D eigenvalue weighted by atomic mass is 10.1. The van der Waals surface area contributed by atoms with Gasteiger partial charge in [-0.05, 0) is 35.6 Å². The van der Waals surface area contributed by atoms with E-state index < -0.39 is 0 Å². The van der Waals surface area contributed by atoms with Crippen LogP contribution in [0.25, 0.3) is 17.1 Å². The fraction of sp³-hybridized carbons (Fsp3) is 0.190. The number of anilines is 1. The van der Waals surface area contributed by atoms with Gasteiger partial charge in [0.05, 0.1) is 24.3 Å². The fourth-order valence-corrected chi connectivity index (χ4v) is 4.27. The van der Waals surface area contributed by atoms with E-state index in [0.717, 1.165) is 34.5 Å². The minimum absolute atomic E-state index is 0.158. The summed E-state index contributed by atoms with van der Waals surface area (Å²) in [5, 5.41) is 17.7. The molecule has 1 unspecified atom stereocenters. The van der Waals surface area contributed by atoms with Gasteiger partial charge in [0.2, 0.25) is 0 Å². The van der Waals surface area contributed by atoms with Crippen molar-refractivity contribution in [2.24, 2.45) is 0 Å². The van der Waals surface area contributed by atoms with Gasteiger partial charge in [-0.2, -0.15) is 5.10 Å². The normalized spacial score (nSPS) is 15.3. The molecule has 3 heterocycles. The Bertz CT molecular complexity index is 1140. The van der Waals surface area contributed by atoms with Crippen molar-refractivity contribution in [1.29, 1.82) is 0 Å². The fourth-order valence-electron chi connectivity index (χ4n) is 3.59. The highest BCUT2D eigenvalue weighted by molar-refractivity contribution is 7.99. The van der Waals surface area contributed by atoms with Gasteiger partial charge >= 0.3 is 0 Å². The van der Waals surface area contributed by atoms with Crippen LogP contribution in [-0.2, 0) is 6.54 Å². The van der Waals surface area contributed by atoms with Crippen LogP contribution in [-0.4, -0.2) is 30.3 Å². The van der Waals surface area contributed by atoms with Crippen molar-refractivity contribution < 1.29 is 4.39 Å². The third-order valence-electron chi connectivity index (χ3n) is 4.94. The molecule has 2 aromatic heterocycles. The van der Waals surface area contributed by atoms with E-state index in [-0.39, 0.29) is 11.9 Å². The summed E-state index contributed by atoms with van der Waals surface area (Å²) in [5.41, 5.74) is 2.91. The number of halogens is 1. The lowest BCUT2D eigenvalue weighted by molar-refractivity contribution is 0.617. The molecular weight excluding hydrogens is 387 g/mol. The first-order chi connectivity index (χ1) is 14.2. The monoisotopic (exact) mass is 406 g/mol. The topological polar surface area (TPSA) is 60.6 Å². The predicted octanol–water partition coefficient (Wildman–Crippen LogP) is 4.55. The summed E-state index contributed by atoms with van der Waals surface area (Å²) in [5.74, 6) is 2.20. The Labute approximate surface area is 171 Å². The molecule has 0 spiro atoms. The second kappa shape index (κ2) is 7.36. The number of thioether (sulfide) groups is 1. The van der Waals surface area contributed by atoms with E-state index in [0.29, 0.717) is 5.82 Å². The highest BCUT2D eigenvalue weighted by atomic mass is 32.2. The molecule has 5 rings (SSSR count). The van der Waals surface area contributed by atoms with E-state index in [9.17, 15) is 4.39 Å². The van der Waals surface area contributed by atoms with Crippen molar-refractivity contribution >= 4 is 17.6 Å². The summed E-state index contributed by atoms with van der Waals surface area (Å²) >= 11 is 1.60. The average Bonchev–Trinajstić information content (AvgIpc) is 3.44. The molecule has 1 aliphatic rings. The van der Waals surface area contributed by atoms with Crippen LogP contribution in [0.1, 0.15) is 18.5 Å². The van der Waals surface area contributed by atoms with E-state index in [2.05, 4.69) is 39.7 Å². The lowest BCUT2D eigenvalue weighted by Gasteiger charge is -2.12. The van der Waals surface area contributed by atoms with Gasteiger partial charge in [-0.15, -0.1) is 10.2 Å². The lowest BCUT2D eigenvalue weighted by Crippen LogP contribution is -2.07. The van der Waals surface area contributed by atoms with Gasteiger partial charge in [0.15, 0.2) is 11.0 Å². The van der Waals surface area contributed by atoms with Gasteiger partial charge in [-0.3, -0.25) is 4.57 Å². The molecule has 0 saturated carbocycles. The molecule has 0 aliphatic carbocycles. The van der Waals surface area contributed by atoms with Crippen molar-refractivity contribution in [3.05, 3.63) is 72.2 Å². The Morgan fingerprint density at radius 3 is 2.66 bits per heavy atom. The van der Waals surface area contributed by atoms with E-state index in [1.54, 1.807) is 23.9 Å². The van der Waals surface area contributed by atoms with Crippen LogP contribution in [0.15, 0.2) is 66.0 Å². The van der Waals surface area contributed by atoms with Crippen molar-refractivity contribution in [1.82, 2.24) is 24.5 Å². The Kier molecular flexibility index (Phi) is 4.55. The third-order valence-corrected chi connectivity index (χ3v) is 5.75. The standard InChI is InChI=1S/C21H19FN6S/c1-2-29-21-26-25-20(28(21)16-10-8-15(22)9-11-16)17-12-23-27-13-18(24-19(17)27)14-6-4-3-5-7-14/h3-12,18,24H,2,13H2,1H3. The summed E-state index contributed by atoms with van der Waals surface area (Å²) in [6.45, 7) is 2.82. The molecule has 0 amide bonds. The highest BCUT2D eigenvalue weighted by Gasteiger charge is 2.29. The van der Waals surface area contributed by atoms with Crippen LogP contribution in [0.5, 0.6) is 0 Å². The van der Waals surface area contributed by atoms with E-state index in [1.165, 1.54) is 17.7 Å². The summed E-state index contributed by atoms with van der Waals surface area (Å²) in [6.07, 6.45) is 1.81. The van der Waals surface area contributed by atoms with Gasteiger partial charge in [0.1, 0.15) is 11.6 Å². The average molecular weight is 406 g/mol. The Morgan fingerprint density at radius 2 is 1.90 bits per heavy atom. The second-order valence-corrected chi connectivity index (χ2v) is 7.98. The SMILES string of the molecule is CCSc1nnc(-c2cnn3c2NC(c2ccccc2)C3)n1-c1ccc(F)cc1. The molecular formula is C21H19FN6S. The molecule has 0 bridgehead atoms. The predicted molar refractivity (Wildman–Crippen MR) is 112 cm³/mol. The van der Waals surface area contributed by atoms with Crippen LogP contribution < -0.4 is 5.32 Å². The second-order valence-electron chi connectivity index (χ2n) is 6.75. The molecule has 0 radical (unpaired) electrons. The number of aromatic nitrogens is 5. The van der Waals surface area contributed by atoms with Crippen molar-refractivity contribution in [2.75, 3.05) is 11.1 Å². The molecule has 6 nitrogen and oxygen atoms in total. The first kappa shape index (κ1) is 17.9. The number of hydrogen-bond acceptors (Lipinski definition) is 5. The minimum atomic E-state index is -0.271. The molecule has 146 valence electrons. The number of rotatable bonds is 5. The number of hydrogen-bond donors (Lipinski definition) is 1. The van der Waals surface area contributed by atoms with Crippen LogP contribution in [0, 0.1) is 5.82 Å². The number of fused-ring (bicyclic) bond motifs is 1. The zero-order valence-corrected chi connectivity index (χ0v) is 16.6. The molecule has 0 fully saturated rings. The molecule has 1 aliphatic heterocycles. The molecule has 4 aromatic rings. The van der Waals surface area contributed by atoms with Crippen LogP contribution in [0.4, 0.5) is 10.2 Å². The van der Waals surface area contributed by atoms with E-state index in [1.807, 2.05) is 33.6 Å². The Morgan fingerprint density at radius 1 is 1.10 bits per heavy atom. The molecule has 1 N–H and O–H groups in total. The third kappa shape index (κ3) is 3.19. The van der Waals surface area contributed by atoms with Gasteiger partial charge in [0.25, 0.3) is 0 Å². The maximum absolute atomic E-state index is 13.5. The van der Waals surface area contributed by atoms with Gasteiger partial charge in [-0.25, -0.2) is 9.07 Å². The van der Waals surface area contributed by atoms with Gasteiger partial charge < -0.3 is 5.32 Å². The van der Waals surface area contributed by atoms with E-state index in [4.69, 9.17) is 0 Å². The molecule has 0 saturated heterocycles. The van der Waals surface area contributed by atoms with Crippen LogP contribution in [0.2, 0.25) is 0 Å². The maximum Gasteiger partial charge on any atom is 0.196 e. The molecule has 29 heavy (non-hydrogen) atoms. The van der Waals surface area contributed by atoms with Gasteiger partial charge in [-0.1, -0.05) is 49.0 Å². The Balaban J connectivity index is 1.56. The maximum atomic E-state index is 13.5. The van der Waals surface area contributed by atoms with Crippen molar-refractivity contribution in [3.63, 3.8) is 0 Å². The Hall–Kier alpha value is -3.13. The summed E-state index contributed by atoms with van der Waals surface area (Å²) < 4.78 is 17.4. The quantitative estimate of drug-likeness (QED) is 0.493. The minimum Gasteiger partial charge on any atom is -0.361 e. The molecule has 1 atom stereocenters. The summed E-state index contributed by atoms with van der Waals surface area (Å²) in [6, 6.07) is 16.9. The largest absolute Gasteiger partial charge is 0.361 e. The highest BCUT2D eigenvalue weighted by Crippen LogP contribution is 2.37. The van der Waals surface area contributed by atoms with Crippen molar-refractivity contribution in [2.45, 2.75) is 24.7 Å². The van der Waals surface area contributed by atoms with Crippen LogP contribution in [0.3, 0.4) is 0 Å². The van der Waals surface area contributed by atoms with Gasteiger partial charge in [0, 0.05) is 5.69 Å².